The minimum Gasteiger partial charge on any atom is -0.326 e. The molecule has 0 unspecified atom stereocenters. The molecule has 2 N–H and O–H groups in total. The molecule has 2 aromatic rings. The normalized spacial score (nSPS) is 10.0. The largest absolute Gasteiger partial charge is 0.326 e. The first-order valence-corrected chi connectivity index (χ1v) is 7.95. The fourth-order valence-corrected chi connectivity index (χ4v) is 2.46. The fourth-order valence-electron chi connectivity index (χ4n) is 2.22. The Hall–Kier alpha value is -2.86. The minimum absolute atomic E-state index is 0.160. The minimum atomic E-state index is -0.359. The van der Waals surface area contributed by atoms with Crippen molar-refractivity contribution in [3.05, 3.63) is 53.6 Å². The second-order valence-corrected chi connectivity index (χ2v) is 5.77. The lowest BCUT2D eigenvalue weighted by atomic mass is 10.2. The number of rotatable bonds is 5. The first-order valence-electron chi connectivity index (χ1n) is 7.57. The summed E-state index contributed by atoms with van der Waals surface area (Å²) in [6, 6.07) is 13.5. The molecular weight excluding hydrogens is 342 g/mol. The maximum absolute atomic E-state index is 12.3. The lowest BCUT2D eigenvalue weighted by molar-refractivity contribution is -0.120. The van der Waals surface area contributed by atoms with Crippen LogP contribution < -0.4 is 15.5 Å². The van der Waals surface area contributed by atoms with Crippen molar-refractivity contribution >= 4 is 46.4 Å². The van der Waals surface area contributed by atoms with E-state index in [2.05, 4.69) is 10.6 Å². The zero-order valence-electron chi connectivity index (χ0n) is 13.9. The van der Waals surface area contributed by atoms with Crippen molar-refractivity contribution in [1.82, 2.24) is 0 Å². The average Bonchev–Trinajstić information content (AvgIpc) is 2.54. The van der Waals surface area contributed by atoms with Crippen molar-refractivity contribution in [2.24, 2.45) is 0 Å². The van der Waals surface area contributed by atoms with E-state index in [1.165, 1.54) is 18.7 Å². The van der Waals surface area contributed by atoms with Gasteiger partial charge in [0.25, 0.3) is 0 Å². The number of halogens is 1. The topological polar surface area (TPSA) is 78.5 Å². The van der Waals surface area contributed by atoms with Crippen LogP contribution in [0.15, 0.2) is 48.5 Å². The number of hydrogen-bond acceptors (Lipinski definition) is 3. The molecule has 0 aliphatic heterocycles. The molecule has 0 heterocycles. The van der Waals surface area contributed by atoms with Gasteiger partial charge in [-0.3, -0.25) is 14.4 Å². The average molecular weight is 360 g/mol. The Morgan fingerprint density at radius 1 is 0.920 bits per heavy atom. The van der Waals surface area contributed by atoms with E-state index >= 15 is 0 Å². The van der Waals surface area contributed by atoms with Gasteiger partial charge >= 0.3 is 0 Å². The molecule has 6 nitrogen and oxygen atoms in total. The Balaban J connectivity index is 2.06. The second kappa shape index (κ2) is 8.30. The quantitative estimate of drug-likeness (QED) is 0.859. The molecule has 0 saturated heterocycles. The van der Waals surface area contributed by atoms with Gasteiger partial charge < -0.3 is 15.5 Å². The van der Waals surface area contributed by atoms with E-state index in [1.807, 2.05) is 0 Å². The summed E-state index contributed by atoms with van der Waals surface area (Å²) >= 11 is 6.11. The van der Waals surface area contributed by atoms with Gasteiger partial charge in [-0.05, 0) is 36.4 Å². The SMILES string of the molecule is CC(=O)Nc1ccc(NC(=O)CN(C(C)=O)c2ccccc2Cl)cc1. The summed E-state index contributed by atoms with van der Waals surface area (Å²) in [5, 5.41) is 5.74. The lowest BCUT2D eigenvalue weighted by Crippen LogP contribution is -2.36. The smallest absolute Gasteiger partial charge is 0.244 e. The summed E-state index contributed by atoms with van der Waals surface area (Å²) < 4.78 is 0. The van der Waals surface area contributed by atoms with Gasteiger partial charge in [0.05, 0.1) is 10.7 Å². The monoisotopic (exact) mass is 359 g/mol. The number of nitrogens with one attached hydrogen (secondary N) is 2. The van der Waals surface area contributed by atoms with E-state index in [-0.39, 0.29) is 24.3 Å². The van der Waals surface area contributed by atoms with E-state index in [9.17, 15) is 14.4 Å². The van der Waals surface area contributed by atoms with E-state index in [1.54, 1.807) is 48.5 Å². The zero-order chi connectivity index (χ0) is 18.4. The maximum Gasteiger partial charge on any atom is 0.244 e. The number of amides is 3. The van der Waals surface area contributed by atoms with Gasteiger partial charge in [-0.25, -0.2) is 0 Å². The molecule has 25 heavy (non-hydrogen) atoms. The molecule has 3 amide bonds. The molecule has 130 valence electrons. The van der Waals surface area contributed by atoms with Crippen molar-refractivity contribution in [1.29, 1.82) is 0 Å². The van der Waals surface area contributed by atoms with E-state index < -0.39 is 0 Å². The molecular formula is C18H18ClN3O3. The molecule has 0 bridgehead atoms. The molecule has 0 atom stereocenters. The first kappa shape index (κ1) is 18.5. The van der Waals surface area contributed by atoms with Gasteiger partial charge in [-0.1, -0.05) is 23.7 Å². The Kier molecular flexibility index (Phi) is 6.14. The molecule has 7 heteroatoms. The number of hydrogen-bond donors (Lipinski definition) is 2. The van der Waals surface area contributed by atoms with Crippen molar-refractivity contribution in [3.63, 3.8) is 0 Å². The Labute approximate surface area is 150 Å². The number of carbonyl (C=O) groups excluding carboxylic acids is 3. The Morgan fingerprint density at radius 3 is 2.00 bits per heavy atom. The predicted octanol–water partition coefficient (Wildman–Crippen LogP) is 3.29. The highest BCUT2D eigenvalue weighted by Crippen LogP contribution is 2.25. The zero-order valence-corrected chi connectivity index (χ0v) is 14.6. The molecule has 0 aromatic heterocycles. The molecule has 2 rings (SSSR count). The van der Waals surface area contributed by atoms with Crippen LogP contribution in [0.25, 0.3) is 0 Å². The third kappa shape index (κ3) is 5.32. The number of anilines is 3. The van der Waals surface area contributed by atoms with Crippen LogP contribution in [-0.4, -0.2) is 24.3 Å². The highest BCUT2D eigenvalue weighted by molar-refractivity contribution is 6.33. The van der Waals surface area contributed by atoms with Crippen LogP contribution in [0.5, 0.6) is 0 Å². The number of para-hydroxylation sites is 1. The Bertz CT molecular complexity index is 790. The maximum atomic E-state index is 12.3. The highest BCUT2D eigenvalue weighted by atomic mass is 35.5. The van der Waals surface area contributed by atoms with Crippen LogP contribution >= 0.6 is 11.6 Å². The lowest BCUT2D eigenvalue weighted by Gasteiger charge is -2.21. The van der Waals surface area contributed by atoms with Gasteiger partial charge in [0.2, 0.25) is 17.7 Å². The first-order chi connectivity index (χ1) is 11.9. The van der Waals surface area contributed by atoms with Crippen LogP contribution in [0.2, 0.25) is 5.02 Å². The van der Waals surface area contributed by atoms with Gasteiger partial charge in [0.15, 0.2) is 0 Å². The van der Waals surface area contributed by atoms with Gasteiger partial charge in [-0.15, -0.1) is 0 Å². The summed E-state index contributed by atoms with van der Waals surface area (Å²) in [5.74, 6) is -0.819. The van der Waals surface area contributed by atoms with Crippen LogP contribution in [0.1, 0.15) is 13.8 Å². The van der Waals surface area contributed by atoms with Crippen molar-refractivity contribution in [2.45, 2.75) is 13.8 Å². The molecule has 0 saturated carbocycles. The summed E-state index contributed by atoms with van der Waals surface area (Å²) in [7, 11) is 0. The third-order valence-corrected chi connectivity index (χ3v) is 3.63. The van der Waals surface area contributed by atoms with Crippen molar-refractivity contribution in [3.8, 4) is 0 Å². The molecule has 0 spiro atoms. The van der Waals surface area contributed by atoms with Gasteiger partial charge in [-0.2, -0.15) is 0 Å². The third-order valence-electron chi connectivity index (χ3n) is 3.31. The van der Waals surface area contributed by atoms with Crippen molar-refractivity contribution in [2.75, 3.05) is 22.1 Å². The van der Waals surface area contributed by atoms with Crippen LogP contribution in [-0.2, 0) is 14.4 Å². The number of nitrogens with zero attached hydrogens (tertiary/aromatic N) is 1. The fraction of sp³-hybridized carbons (Fsp3) is 0.167. The predicted molar refractivity (Wildman–Crippen MR) is 98.9 cm³/mol. The Morgan fingerprint density at radius 2 is 1.48 bits per heavy atom. The molecule has 0 radical (unpaired) electrons. The van der Waals surface area contributed by atoms with Crippen LogP contribution in [0, 0.1) is 0 Å². The van der Waals surface area contributed by atoms with Crippen LogP contribution in [0.3, 0.4) is 0 Å². The summed E-state index contributed by atoms with van der Waals surface area (Å²) in [5.41, 5.74) is 1.67. The van der Waals surface area contributed by atoms with E-state index in [0.29, 0.717) is 22.1 Å². The van der Waals surface area contributed by atoms with Crippen molar-refractivity contribution < 1.29 is 14.4 Å². The summed E-state index contributed by atoms with van der Waals surface area (Å²) in [6.07, 6.45) is 0. The second-order valence-electron chi connectivity index (χ2n) is 5.36. The standard InChI is InChI=1S/C18H18ClN3O3/c1-12(23)20-14-7-9-15(10-8-14)21-18(25)11-22(13(2)24)17-6-4-3-5-16(17)19/h3-10H,11H2,1-2H3,(H,20,23)(H,21,25). The number of carbonyl (C=O) groups is 3. The van der Waals surface area contributed by atoms with Gasteiger partial charge in [0.1, 0.15) is 6.54 Å². The number of benzene rings is 2. The molecule has 0 aliphatic rings. The van der Waals surface area contributed by atoms with Crippen LogP contribution in [0.4, 0.5) is 17.1 Å². The van der Waals surface area contributed by atoms with Gasteiger partial charge in [0, 0.05) is 25.2 Å². The molecule has 2 aromatic carbocycles. The molecule has 0 fully saturated rings. The van der Waals surface area contributed by atoms with E-state index in [0.717, 1.165) is 0 Å². The van der Waals surface area contributed by atoms with E-state index in [4.69, 9.17) is 11.6 Å². The highest BCUT2D eigenvalue weighted by Gasteiger charge is 2.18. The summed E-state index contributed by atoms with van der Waals surface area (Å²) in [4.78, 5) is 36.4. The summed E-state index contributed by atoms with van der Waals surface area (Å²) in [6.45, 7) is 2.63. The molecule has 0 aliphatic carbocycles.